The number of amides is 2. The molecule has 1 aromatic carbocycles. The molecule has 1 aliphatic heterocycles. The summed E-state index contributed by atoms with van der Waals surface area (Å²) in [6.07, 6.45) is 2.28. The lowest BCUT2D eigenvalue weighted by atomic mass is 10.1. The molecular formula is C18H23N3O4. The molecule has 0 unspecified atom stereocenters. The maximum Gasteiger partial charge on any atom is 0.323 e. The Bertz CT molecular complexity index is 769. The lowest BCUT2D eigenvalue weighted by molar-refractivity contribution is 0.0832. The molecular weight excluding hydrogens is 322 g/mol. The van der Waals surface area contributed by atoms with Crippen LogP contribution in [0.5, 0.6) is 11.5 Å². The van der Waals surface area contributed by atoms with Crippen LogP contribution in [-0.2, 0) is 13.0 Å². The second-order valence-electron chi connectivity index (χ2n) is 6.66. The van der Waals surface area contributed by atoms with Gasteiger partial charge < -0.3 is 18.9 Å². The van der Waals surface area contributed by atoms with Gasteiger partial charge >= 0.3 is 6.03 Å². The van der Waals surface area contributed by atoms with Crippen molar-refractivity contribution >= 4 is 11.8 Å². The van der Waals surface area contributed by atoms with Gasteiger partial charge in [-0.2, -0.15) is 0 Å². The van der Waals surface area contributed by atoms with Gasteiger partial charge in [-0.25, -0.2) is 4.79 Å². The van der Waals surface area contributed by atoms with Crippen molar-refractivity contribution in [2.24, 2.45) is 0 Å². The number of rotatable bonds is 3. The maximum absolute atomic E-state index is 12.8. The van der Waals surface area contributed by atoms with Gasteiger partial charge in [0.15, 0.2) is 5.82 Å². The lowest BCUT2D eigenvalue weighted by Crippen LogP contribution is -2.45. The first-order valence-corrected chi connectivity index (χ1v) is 8.27. The summed E-state index contributed by atoms with van der Waals surface area (Å²) in [6.45, 7) is 6.77. The molecule has 3 rings (SSSR count). The highest BCUT2D eigenvalue weighted by Crippen LogP contribution is 2.32. The topological polar surface area (TPSA) is 76.8 Å². The van der Waals surface area contributed by atoms with E-state index in [9.17, 15) is 4.79 Å². The maximum atomic E-state index is 12.8. The number of nitrogens with one attached hydrogen (secondary N) is 1. The van der Waals surface area contributed by atoms with E-state index in [0.717, 1.165) is 29.0 Å². The fraction of sp³-hybridized carbons (Fsp3) is 0.444. The first-order valence-electron chi connectivity index (χ1n) is 8.27. The molecule has 0 spiro atoms. The number of fused-ring (bicyclic) bond motifs is 1. The number of methoxy groups -OCH3 is 1. The van der Waals surface area contributed by atoms with E-state index < -0.39 is 5.60 Å². The zero-order valence-corrected chi connectivity index (χ0v) is 15.0. The Morgan fingerprint density at radius 2 is 2.24 bits per heavy atom. The Kier molecular flexibility index (Phi) is 4.57. The third-order valence-electron chi connectivity index (χ3n) is 4.13. The number of carbonyl (C=O) groups is 1. The quantitative estimate of drug-likeness (QED) is 0.922. The molecule has 25 heavy (non-hydrogen) atoms. The standard InChI is InChI=1S/C18H23N3O4/c1-5-12-10-24-20-16(12)19-17(22)21-9-13-6-7-14(23-4)8-15(13)25-18(2,3)11-21/h6-8,10H,5,9,11H2,1-4H3,(H,19,20,22). The molecule has 0 bridgehead atoms. The van der Waals surface area contributed by atoms with Crippen molar-refractivity contribution in [2.45, 2.75) is 39.3 Å². The number of nitrogens with zero attached hydrogens (tertiary/aromatic N) is 2. The van der Waals surface area contributed by atoms with Gasteiger partial charge in [0.25, 0.3) is 0 Å². The number of benzene rings is 1. The summed E-state index contributed by atoms with van der Waals surface area (Å²) >= 11 is 0. The minimum Gasteiger partial charge on any atom is -0.497 e. The molecule has 1 N–H and O–H groups in total. The van der Waals surface area contributed by atoms with Crippen LogP contribution in [0, 0.1) is 0 Å². The molecule has 0 aliphatic carbocycles. The number of ether oxygens (including phenoxy) is 2. The number of hydrogen-bond acceptors (Lipinski definition) is 5. The summed E-state index contributed by atoms with van der Waals surface area (Å²) in [4.78, 5) is 14.5. The third-order valence-corrected chi connectivity index (χ3v) is 4.13. The molecule has 0 fully saturated rings. The third kappa shape index (κ3) is 3.70. The molecule has 134 valence electrons. The van der Waals surface area contributed by atoms with Crippen molar-refractivity contribution in [1.82, 2.24) is 10.1 Å². The highest BCUT2D eigenvalue weighted by atomic mass is 16.5. The van der Waals surface area contributed by atoms with Crippen LogP contribution < -0.4 is 14.8 Å². The summed E-state index contributed by atoms with van der Waals surface area (Å²) in [5, 5.41) is 6.70. The van der Waals surface area contributed by atoms with E-state index in [0.29, 0.717) is 18.9 Å². The summed E-state index contributed by atoms with van der Waals surface area (Å²) in [6, 6.07) is 5.40. The van der Waals surface area contributed by atoms with Gasteiger partial charge in [-0.1, -0.05) is 12.1 Å². The number of urea groups is 1. The summed E-state index contributed by atoms with van der Waals surface area (Å²) in [5.41, 5.74) is 1.26. The van der Waals surface area contributed by atoms with Crippen LogP contribution in [0.1, 0.15) is 31.9 Å². The van der Waals surface area contributed by atoms with Gasteiger partial charge in [-0.3, -0.25) is 5.32 Å². The summed E-state index contributed by atoms with van der Waals surface area (Å²) in [5.74, 6) is 1.92. The smallest absolute Gasteiger partial charge is 0.323 e. The fourth-order valence-electron chi connectivity index (χ4n) is 2.87. The Balaban J connectivity index is 1.84. The van der Waals surface area contributed by atoms with Crippen LogP contribution in [0.15, 0.2) is 29.0 Å². The minimum atomic E-state index is -0.535. The highest BCUT2D eigenvalue weighted by molar-refractivity contribution is 5.89. The Hall–Kier alpha value is -2.70. The summed E-state index contributed by atoms with van der Waals surface area (Å²) < 4.78 is 16.3. The average molecular weight is 345 g/mol. The number of aryl methyl sites for hydroxylation is 1. The van der Waals surface area contributed by atoms with Crippen LogP contribution in [0.2, 0.25) is 0 Å². The van der Waals surface area contributed by atoms with E-state index in [1.807, 2.05) is 39.0 Å². The molecule has 0 radical (unpaired) electrons. The average Bonchev–Trinajstić information content (AvgIpc) is 2.96. The van der Waals surface area contributed by atoms with E-state index in [1.165, 1.54) is 0 Å². The Labute approximate surface area is 146 Å². The van der Waals surface area contributed by atoms with Gasteiger partial charge in [0, 0.05) is 17.2 Å². The largest absolute Gasteiger partial charge is 0.497 e. The lowest BCUT2D eigenvalue weighted by Gasteiger charge is -2.29. The second kappa shape index (κ2) is 6.66. The van der Waals surface area contributed by atoms with Crippen LogP contribution in [0.3, 0.4) is 0 Å². The second-order valence-corrected chi connectivity index (χ2v) is 6.66. The molecule has 0 saturated carbocycles. The van der Waals surface area contributed by atoms with Gasteiger partial charge in [-0.15, -0.1) is 0 Å². The van der Waals surface area contributed by atoms with Gasteiger partial charge in [0.05, 0.1) is 20.2 Å². The number of anilines is 1. The van der Waals surface area contributed by atoms with Crippen molar-refractivity contribution in [2.75, 3.05) is 19.0 Å². The molecule has 1 aliphatic rings. The van der Waals surface area contributed by atoms with E-state index in [-0.39, 0.29) is 6.03 Å². The first kappa shape index (κ1) is 17.1. The zero-order valence-electron chi connectivity index (χ0n) is 15.0. The van der Waals surface area contributed by atoms with E-state index in [1.54, 1.807) is 18.3 Å². The number of hydrogen-bond donors (Lipinski definition) is 1. The molecule has 2 heterocycles. The van der Waals surface area contributed by atoms with Crippen molar-refractivity contribution < 1.29 is 18.8 Å². The predicted octanol–water partition coefficient (Wildman–Crippen LogP) is 3.45. The number of carbonyl (C=O) groups excluding carboxylic acids is 1. The molecule has 2 aromatic rings. The van der Waals surface area contributed by atoms with Crippen molar-refractivity contribution in [3.05, 3.63) is 35.6 Å². The van der Waals surface area contributed by atoms with Crippen LogP contribution in [0.4, 0.5) is 10.6 Å². The minimum absolute atomic E-state index is 0.232. The van der Waals surface area contributed by atoms with Gasteiger partial charge in [0.1, 0.15) is 23.4 Å². The molecule has 2 amide bonds. The van der Waals surface area contributed by atoms with Crippen molar-refractivity contribution in [1.29, 1.82) is 0 Å². The van der Waals surface area contributed by atoms with Gasteiger partial charge in [0.2, 0.25) is 0 Å². The molecule has 0 saturated heterocycles. The van der Waals surface area contributed by atoms with Crippen molar-refractivity contribution in [3.8, 4) is 11.5 Å². The van der Waals surface area contributed by atoms with Crippen molar-refractivity contribution in [3.63, 3.8) is 0 Å². The van der Waals surface area contributed by atoms with E-state index >= 15 is 0 Å². The highest BCUT2D eigenvalue weighted by Gasteiger charge is 2.32. The predicted molar refractivity (Wildman–Crippen MR) is 93.0 cm³/mol. The SMILES string of the molecule is CCc1conc1NC(=O)N1Cc2ccc(OC)cc2OC(C)(C)C1. The molecule has 1 aromatic heterocycles. The molecule has 7 nitrogen and oxygen atoms in total. The van der Waals surface area contributed by atoms with E-state index in [2.05, 4.69) is 10.5 Å². The van der Waals surface area contributed by atoms with Gasteiger partial charge in [-0.05, 0) is 32.4 Å². The first-order chi connectivity index (χ1) is 11.9. The number of aromatic nitrogens is 1. The van der Waals surface area contributed by atoms with Crippen LogP contribution >= 0.6 is 0 Å². The molecule has 7 heteroatoms. The Morgan fingerprint density at radius 3 is 2.96 bits per heavy atom. The monoisotopic (exact) mass is 345 g/mol. The van der Waals surface area contributed by atoms with Crippen LogP contribution in [0.25, 0.3) is 0 Å². The molecule has 0 atom stereocenters. The normalized spacial score (nSPS) is 15.8. The van der Waals surface area contributed by atoms with Crippen LogP contribution in [-0.4, -0.2) is 35.3 Å². The zero-order chi connectivity index (χ0) is 18.0. The Morgan fingerprint density at radius 1 is 1.44 bits per heavy atom. The van der Waals surface area contributed by atoms with E-state index in [4.69, 9.17) is 14.0 Å². The fourth-order valence-corrected chi connectivity index (χ4v) is 2.87. The summed E-state index contributed by atoms with van der Waals surface area (Å²) in [7, 11) is 1.62.